The predicted molar refractivity (Wildman–Crippen MR) is 124 cm³/mol. The van der Waals surface area contributed by atoms with Gasteiger partial charge in [-0.2, -0.15) is 0 Å². The lowest BCUT2D eigenvalue weighted by atomic mass is 10.1. The van der Waals surface area contributed by atoms with Gasteiger partial charge in [0.05, 0.1) is 25.4 Å². The molecule has 168 valence electrons. The molecule has 2 atom stereocenters. The van der Waals surface area contributed by atoms with Crippen molar-refractivity contribution >= 4 is 5.96 Å². The summed E-state index contributed by atoms with van der Waals surface area (Å²) < 4.78 is 11.9. The number of piperidine rings is 1. The summed E-state index contributed by atoms with van der Waals surface area (Å²) in [5.41, 5.74) is 1.10. The van der Waals surface area contributed by atoms with Crippen LogP contribution >= 0.6 is 0 Å². The molecule has 0 aliphatic carbocycles. The van der Waals surface area contributed by atoms with Gasteiger partial charge in [0.15, 0.2) is 5.96 Å². The van der Waals surface area contributed by atoms with E-state index >= 15 is 0 Å². The van der Waals surface area contributed by atoms with Gasteiger partial charge in [0.1, 0.15) is 11.9 Å². The second kappa shape index (κ2) is 12.3. The van der Waals surface area contributed by atoms with Crippen LogP contribution in [0.15, 0.2) is 65.7 Å². The number of nitrogens with zero attached hydrogens (tertiary/aromatic N) is 2. The van der Waals surface area contributed by atoms with E-state index in [2.05, 4.69) is 22.1 Å². The molecule has 1 fully saturated rings. The summed E-state index contributed by atoms with van der Waals surface area (Å²) in [4.78, 5) is 6.90. The number of benzene rings is 2. The summed E-state index contributed by atoms with van der Waals surface area (Å²) in [6, 6.07) is 20.0. The smallest absolute Gasteiger partial charge is 0.194 e. The third-order valence-corrected chi connectivity index (χ3v) is 5.38. The van der Waals surface area contributed by atoms with Crippen LogP contribution in [-0.2, 0) is 4.74 Å². The first-order valence-electron chi connectivity index (χ1n) is 11.2. The van der Waals surface area contributed by atoms with Crippen LogP contribution < -0.4 is 10.1 Å². The molecule has 1 aliphatic heterocycles. The summed E-state index contributed by atoms with van der Waals surface area (Å²) in [5, 5.41) is 13.7. The van der Waals surface area contributed by atoms with E-state index in [1.165, 1.54) is 0 Å². The number of rotatable bonds is 9. The minimum absolute atomic E-state index is 0.0586. The molecule has 0 bridgehead atoms. The molecule has 0 amide bonds. The zero-order valence-corrected chi connectivity index (χ0v) is 18.6. The van der Waals surface area contributed by atoms with Crippen LogP contribution in [0.5, 0.6) is 5.75 Å². The highest BCUT2D eigenvalue weighted by Crippen LogP contribution is 2.19. The van der Waals surface area contributed by atoms with Crippen LogP contribution in [0, 0.1) is 0 Å². The number of guanidine groups is 1. The van der Waals surface area contributed by atoms with Gasteiger partial charge in [0.25, 0.3) is 0 Å². The van der Waals surface area contributed by atoms with Gasteiger partial charge in [-0.15, -0.1) is 0 Å². The highest BCUT2D eigenvalue weighted by atomic mass is 16.5. The van der Waals surface area contributed by atoms with E-state index in [4.69, 9.17) is 9.47 Å². The van der Waals surface area contributed by atoms with Crippen molar-refractivity contribution in [2.75, 3.05) is 32.8 Å². The molecule has 2 aromatic carbocycles. The summed E-state index contributed by atoms with van der Waals surface area (Å²) in [5.74, 6) is 1.77. The number of para-hydroxylation sites is 1. The molecule has 3 rings (SSSR count). The number of hydrogen-bond acceptors (Lipinski definition) is 4. The fraction of sp³-hybridized carbons (Fsp3) is 0.480. The van der Waals surface area contributed by atoms with Crippen LogP contribution in [0.1, 0.15) is 38.4 Å². The monoisotopic (exact) mass is 425 g/mol. The van der Waals surface area contributed by atoms with Gasteiger partial charge in [0, 0.05) is 32.5 Å². The summed E-state index contributed by atoms with van der Waals surface area (Å²) in [7, 11) is 0. The Morgan fingerprint density at radius 1 is 1.10 bits per heavy atom. The minimum Gasteiger partial charge on any atom is -0.490 e. The van der Waals surface area contributed by atoms with Gasteiger partial charge in [0.2, 0.25) is 0 Å². The maximum atomic E-state index is 10.4. The summed E-state index contributed by atoms with van der Waals surface area (Å²) in [6.45, 7) is 7.16. The van der Waals surface area contributed by atoms with Crippen LogP contribution in [0.2, 0.25) is 0 Å². The first-order valence-corrected chi connectivity index (χ1v) is 11.2. The lowest BCUT2D eigenvalue weighted by Crippen LogP contribution is -2.47. The van der Waals surface area contributed by atoms with Crippen molar-refractivity contribution in [1.29, 1.82) is 0 Å². The molecular weight excluding hydrogens is 390 g/mol. The highest BCUT2D eigenvalue weighted by molar-refractivity contribution is 5.80. The Labute approximate surface area is 185 Å². The number of aliphatic imine (C=N–C) groups is 1. The molecule has 0 saturated carbocycles. The minimum atomic E-state index is -0.640. The number of likely N-dealkylation sites (tertiary alicyclic amines) is 1. The van der Waals surface area contributed by atoms with Gasteiger partial charge in [-0.3, -0.25) is 4.99 Å². The van der Waals surface area contributed by atoms with E-state index < -0.39 is 6.10 Å². The maximum Gasteiger partial charge on any atom is 0.194 e. The Hall–Kier alpha value is -2.57. The summed E-state index contributed by atoms with van der Waals surface area (Å²) >= 11 is 0. The van der Waals surface area contributed by atoms with Gasteiger partial charge in [-0.1, -0.05) is 48.5 Å². The Balaban J connectivity index is 1.45. The first kappa shape index (κ1) is 23.1. The predicted octanol–water partition coefficient (Wildman–Crippen LogP) is 3.63. The zero-order valence-electron chi connectivity index (χ0n) is 18.6. The Bertz CT molecular complexity index is 777. The van der Waals surface area contributed by atoms with E-state index in [-0.39, 0.29) is 18.8 Å². The number of hydrogen-bond donors (Lipinski definition) is 2. The fourth-order valence-electron chi connectivity index (χ4n) is 3.62. The molecule has 6 nitrogen and oxygen atoms in total. The van der Waals surface area contributed by atoms with Crippen LogP contribution in [0.4, 0.5) is 0 Å². The van der Waals surface area contributed by atoms with Crippen LogP contribution in [0.25, 0.3) is 0 Å². The van der Waals surface area contributed by atoms with Crippen LogP contribution in [-0.4, -0.2) is 61.0 Å². The van der Waals surface area contributed by atoms with Crippen molar-refractivity contribution in [3.8, 4) is 5.75 Å². The number of ether oxygens (including phenoxy) is 2. The molecule has 1 aliphatic rings. The Morgan fingerprint density at radius 3 is 2.39 bits per heavy atom. The van der Waals surface area contributed by atoms with Crippen LogP contribution in [0.3, 0.4) is 0 Å². The molecule has 0 spiro atoms. The summed E-state index contributed by atoms with van der Waals surface area (Å²) in [6.07, 6.45) is 1.41. The average molecular weight is 426 g/mol. The topological polar surface area (TPSA) is 66.3 Å². The molecule has 2 N–H and O–H groups in total. The Kier molecular flexibility index (Phi) is 9.18. The first-order chi connectivity index (χ1) is 15.2. The van der Waals surface area contributed by atoms with Gasteiger partial charge < -0.3 is 24.8 Å². The number of nitrogens with one attached hydrogen (secondary N) is 1. The van der Waals surface area contributed by atoms with E-state index in [9.17, 15) is 5.11 Å². The largest absolute Gasteiger partial charge is 0.490 e. The Morgan fingerprint density at radius 2 is 1.74 bits per heavy atom. The molecule has 2 unspecified atom stereocenters. The lowest BCUT2D eigenvalue weighted by molar-refractivity contribution is 0.00102. The quantitative estimate of drug-likeness (QED) is 0.474. The SMILES string of the molecule is CCNC(=NCC(O)COC(C)c1ccccc1)N1CCC(Oc2ccccc2)CC1. The molecule has 1 saturated heterocycles. The normalized spacial score (nSPS) is 17.3. The average Bonchev–Trinajstić information content (AvgIpc) is 2.82. The third-order valence-electron chi connectivity index (χ3n) is 5.38. The standard InChI is InChI=1S/C25H35N3O3/c1-3-26-25(27-18-22(29)19-30-20(2)21-10-6-4-7-11-21)28-16-14-24(15-17-28)31-23-12-8-5-9-13-23/h4-13,20,22,24,29H,3,14-19H2,1-2H3,(H,26,27). The molecule has 6 heteroatoms. The van der Waals surface area contributed by atoms with E-state index in [1.54, 1.807) is 0 Å². The van der Waals surface area contributed by atoms with Gasteiger partial charge in [-0.05, 0) is 31.5 Å². The third kappa shape index (κ3) is 7.56. The van der Waals surface area contributed by atoms with E-state index in [1.807, 2.05) is 67.6 Å². The molecular formula is C25H35N3O3. The highest BCUT2D eigenvalue weighted by Gasteiger charge is 2.23. The maximum absolute atomic E-state index is 10.4. The van der Waals surface area contributed by atoms with Crippen molar-refractivity contribution in [1.82, 2.24) is 10.2 Å². The molecule has 0 radical (unpaired) electrons. The second-order valence-electron chi connectivity index (χ2n) is 7.85. The molecule has 1 heterocycles. The van der Waals surface area contributed by atoms with Crippen molar-refractivity contribution in [2.24, 2.45) is 4.99 Å². The molecule has 0 aromatic heterocycles. The fourth-order valence-corrected chi connectivity index (χ4v) is 3.62. The molecule has 2 aromatic rings. The second-order valence-corrected chi connectivity index (χ2v) is 7.85. The van der Waals surface area contributed by atoms with Crippen molar-refractivity contribution in [2.45, 2.75) is 45.0 Å². The lowest BCUT2D eigenvalue weighted by Gasteiger charge is -2.34. The van der Waals surface area contributed by atoms with E-state index in [0.29, 0.717) is 6.54 Å². The number of aliphatic hydroxyl groups is 1. The zero-order chi connectivity index (χ0) is 21.9. The molecule has 31 heavy (non-hydrogen) atoms. The van der Waals surface area contributed by atoms with Gasteiger partial charge >= 0.3 is 0 Å². The van der Waals surface area contributed by atoms with E-state index in [0.717, 1.165) is 49.7 Å². The van der Waals surface area contributed by atoms with Crippen molar-refractivity contribution in [3.63, 3.8) is 0 Å². The van der Waals surface area contributed by atoms with Gasteiger partial charge in [-0.25, -0.2) is 0 Å². The van der Waals surface area contributed by atoms with Crippen molar-refractivity contribution < 1.29 is 14.6 Å². The number of aliphatic hydroxyl groups excluding tert-OH is 1. The van der Waals surface area contributed by atoms with Crippen molar-refractivity contribution in [3.05, 3.63) is 66.2 Å².